The van der Waals surface area contributed by atoms with Crippen molar-refractivity contribution in [3.8, 4) is 17.1 Å². The number of sulfonamides is 1. The Morgan fingerprint density at radius 2 is 1.58 bits per heavy atom. The van der Waals surface area contributed by atoms with Crippen LogP contribution >= 0.6 is 0 Å². The number of hydrogen-bond acceptors (Lipinski definition) is 6. The van der Waals surface area contributed by atoms with Gasteiger partial charge in [-0.15, -0.1) is 10.2 Å². The molecule has 0 spiro atoms. The first-order valence-corrected chi connectivity index (χ1v) is 11.9. The largest absolute Gasteiger partial charge is 0.298 e. The van der Waals surface area contributed by atoms with Crippen LogP contribution in [-0.2, 0) is 10.0 Å². The van der Waals surface area contributed by atoms with Crippen LogP contribution in [0.2, 0.25) is 0 Å². The van der Waals surface area contributed by atoms with Crippen molar-refractivity contribution in [3.63, 3.8) is 0 Å². The summed E-state index contributed by atoms with van der Waals surface area (Å²) in [7, 11) is -3.64. The van der Waals surface area contributed by atoms with Crippen molar-refractivity contribution in [2.45, 2.75) is 38.6 Å². The molecule has 1 saturated heterocycles. The highest BCUT2D eigenvalue weighted by Crippen LogP contribution is 2.26. The molecular formula is C22H28N6O2S. The molecular weight excluding hydrogens is 412 g/mol. The Hall–Kier alpha value is -2.62. The second-order valence-corrected chi connectivity index (χ2v) is 9.96. The molecule has 8 nitrogen and oxygen atoms in total. The van der Waals surface area contributed by atoms with Crippen molar-refractivity contribution >= 4 is 10.0 Å². The summed E-state index contributed by atoms with van der Waals surface area (Å²) in [6.45, 7) is 10.2. The highest BCUT2D eigenvalue weighted by Gasteiger charge is 2.34. The molecule has 1 aromatic carbocycles. The van der Waals surface area contributed by atoms with Crippen molar-refractivity contribution < 1.29 is 8.42 Å². The van der Waals surface area contributed by atoms with E-state index in [9.17, 15) is 8.42 Å². The van der Waals surface area contributed by atoms with Gasteiger partial charge in [-0.25, -0.2) is 13.1 Å². The van der Waals surface area contributed by atoms with Crippen LogP contribution in [0.5, 0.6) is 0 Å². The number of hydrogen-bond donors (Lipinski definition) is 0. The van der Waals surface area contributed by atoms with Gasteiger partial charge in [0.15, 0.2) is 5.82 Å². The molecule has 4 rings (SSSR count). The van der Waals surface area contributed by atoms with Gasteiger partial charge in [0.05, 0.1) is 17.1 Å². The van der Waals surface area contributed by atoms with Crippen LogP contribution in [0.25, 0.3) is 17.1 Å². The molecule has 0 atom stereocenters. The second-order valence-electron chi connectivity index (χ2n) is 8.09. The number of benzene rings is 1. The fourth-order valence-corrected chi connectivity index (χ4v) is 5.79. The third kappa shape index (κ3) is 4.13. The highest BCUT2D eigenvalue weighted by atomic mass is 32.2. The number of aryl methyl sites for hydroxylation is 1. The van der Waals surface area contributed by atoms with Crippen LogP contribution in [0, 0.1) is 13.8 Å². The average molecular weight is 441 g/mol. The van der Waals surface area contributed by atoms with E-state index < -0.39 is 10.0 Å². The Morgan fingerprint density at radius 3 is 2.16 bits per heavy atom. The summed E-state index contributed by atoms with van der Waals surface area (Å²) in [5.74, 6) is 0.492. The molecule has 0 aliphatic carbocycles. The summed E-state index contributed by atoms with van der Waals surface area (Å²) in [4.78, 5) is 2.55. The lowest BCUT2D eigenvalue weighted by Crippen LogP contribution is -2.50. The molecule has 31 heavy (non-hydrogen) atoms. The fraction of sp³-hybridized carbons (Fsp3) is 0.409. The third-order valence-corrected chi connectivity index (χ3v) is 7.92. The van der Waals surface area contributed by atoms with Gasteiger partial charge >= 0.3 is 0 Å². The van der Waals surface area contributed by atoms with Crippen LogP contribution in [0.4, 0.5) is 0 Å². The lowest BCUT2D eigenvalue weighted by atomic mass is 10.1. The highest BCUT2D eigenvalue weighted by molar-refractivity contribution is 7.89. The molecule has 3 aromatic rings. The Kier molecular flexibility index (Phi) is 5.92. The van der Waals surface area contributed by atoms with Gasteiger partial charge in [-0.2, -0.15) is 9.40 Å². The molecule has 3 heterocycles. The first kappa shape index (κ1) is 21.6. The first-order chi connectivity index (χ1) is 14.8. The van der Waals surface area contributed by atoms with E-state index in [0.717, 1.165) is 24.3 Å². The number of rotatable bonds is 5. The number of nitrogens with zero attached hydrogens (tertiary/aromatic N) is 6. The zero-order valence-corrected chi connectivity index (χ0v) is 19.2. The zero-order valence-electron chi connectivity index (χ0n) is 18.4. The van der Waals surface area contributed by atoms with E-state index in [1.807, 2.05) is 42.5 Å². The van der Waals surface area contributed by atoms with Crippen LogP contribution in [-0.4, -0.2) is 69.8 Å². The molecule has 1 fully saturated rings. The molecule has 1 aliphatic rings. The summed E-state index contributed by atoms with van der Waals surface area (Å²) in [5.41, 5.74) is 2.74. The number of piperazine rings is 1. The Bertz CT molecular complexity index is 1150. The van der Waals surface area contributed by atoms with Crippen molar-refractivity contribution in [1.82, 2.24) is 29.2 Å². The van der Waals surface area contributed by atoms with Gasteiger partial charge in [0.1, 0.15) is 4.90 Å². The smallest absolute Gasteiger partial charge is 0.246 e. The summed E-state index contributed by atoms with van der Waals surface area (Å²) < 4.78 is 29.9. The van der Waals surface area contributed by atoms with Crippen LogP contribution in [0.15, 0.2) is 47.4 Å². The summed E-state index contributed by atoms with van der Waals surface area (Å²) >= 11 is 0. The fourth-order valence-electron chi connectivity index (χ4n) is 4.02. The van der Waals surface area contributed by atoms with Crippen molar-refractivity contribution in [3.05, 3.63) is 53.9 Å². The maximum Gasteiger partial charge on any atom is 0.246 e. The van der Waals surface area contributed by atoms with Gasteiger partial charge < -0.3 is 0 Å². The van der Waals surface area contributed by atoms with E-state index >= 15 is 0 Å². The standard InChI is InChI=1S/C22H28N6O2S/c1-16(2)26-12-14-27(15-13-26)31(29,30)22-17(3)25-28(18(22)4)21-11-10-20(23-24-21)19-8-6-5-7-9-19/h5-11,16H,12-15H2,1-4H3. The monoisotopic (exact) mass is 440 g/mol. The molecule has 0 unspecified atom stereocenters. The Labute approximate surface area is 183 Å². The van der Waals surface area contributed by atoms with Crippen molar-refractivity contribution in [2.24, 2.45) is 0 Å². The predicted octanol–water partition coefficient (Wildman–Crippen LogP) is 2.66. The van der Waals surface area contributed by atoms with E-state index in [4.69, 9.17) is 0 Å². The Morgan fingerprint density at radius 1 is 0.903 bits per heavy atom. The molecule has 0 bridgehead atoms. The van der Waals surface area contributed by atoms with Crippen LogP contribution in [0.1, 0.15) is 25.2 Å². The topological polar surface area (TPSA) is 84.2 Å². The second kappa shape index (κ2) is 8.49. The van der Waals surface area contributed by atoms with Crippen LogP contribution in [0.3, 0.4) is 0 Å². The van der Waals surface area contributed by atoms with E-state index in [1.54, 1.807) is 22.8 Å². The predicted molar refractivity (Wildman–Crippen MR) is 120 cm³/mol. The lowest BCUT2D eigenvalue weighted by molar-refractivity contribution is 0.154. The molecule has 164 valence electrons. The van der Waals surface area contributed by atoms with Gasteiger partial charge in [-0.1, -0.05) is 30.3 Å². The van der Waals surface area contributed by atoms with Gasteiger partial charge in [-0.3, -0.25) is 4.90 Å². The molecule has 2 aromatic heterocycles. The SMILES string of the molecule is Cc1nn(-c2ccc(-c3ccccc3)nn2)c(C)c1S(=O)(=O)N1CCN(C(C)C)CC1. The van der Waals surface area contributed by atoms with Crippen molar-refractivity contribution in [2.75, 3.05) is 26.2 Å². The third-order valence-electron chi connectivity index (χ3n) is 5.76. The van der Waals surface area contributed by atoms with Crippen LogP contribution < -0.4 is 0 Å². The Balaban J connectivity index is 1.62. The minimum Gasteiger partial charge on any atom is -0.298 e. The maximum absolute atomic E-state index is 13.4. The summed E-state index contributed by atoms with van der Waals surface area (Å²) in [6, 6.07) is 13.9. The molecule has 0 radical (unpaired) electrons. The molecule has 0 saturated carbocycles. The minimum absolute atomic E-state index is 0.263. The lowest BCUT2D eigenvalue weighted by Gasteiger charge is -2.36. The maximum atomic E-state index is 13.4. The quantitative estimate of drug-likeness (QED) is 0.607. The van der Waals surface area contributed by atoms with E-state index in [-0.39, 0.29) is 4.90 Å². The van der Waals surface area contributed by atoms with Crippen molar-refractivity contribution in [1.29, 1.82) is 0 Å². The van der Waals surface area contributed by atoms with Gasteiger partial charge in [-0.05, 0) is 39.8 Å². The van der Waals surface area contributed by atoms with E-state index in [1.165, 1.54) is 0 Å². The normalized spacial score (nSPS) is 16.2. The zero-order chi connectivity index (χ0) is 22.2. The molecule has 0 amide bonds. The molecule has 0 N–H and O–H groups in total. The number of aromatic nitrogens is 4. The average Bonchev–Trinajstić information content (AvgIpc) is 3.09. The summed E-state index contributed by atoms with van der Waals surface area (Å²) in [5, 5.41) is 13.1. The van der Waals surface area contributed by atoms with E-state index in [2.05, 4.69) is 34.0 Å². The van der Waals surface area contributed by atoms with Gasteiger partial charge in [0.25, 0.3) is 0 Å². The van der Waals surface area contributed by atoms with Gasteiger partial charge in [0, 0.05) is 37.8 Å². The minimum atomic E-state index is -3.64. The molecule has 1 aliphatic heterocycles. The van der Waals surface area contributed by atoms with E-state index in [0.29, 0.717) is 36.3 Å². The van der Waals surface area contributed by atoms with Gasteiger partial charge in [0.2, 0.25) is 10.0 Å². The summed E-state index contributed by atoms with van der Waals surface area (Å²) in [6.07, 6.45) is 0. The molecule has 9 heteroatoms. The first-order valence-electron chi connectivity index (χ1n) is 10.5.